The molecular formula is C34H21N3O2S. The lowest BCUT2D eigenvalue weighted by Gasteiger charge is -2.10. The van der Waals surface area contributed by atoms with Crippen molar-refractivity contribution >= 4 is 53.3 Å². The van der Waals surface area contributed by atoms with E-state index in [1.165, 1.54) is 15.5 Å². The molecule has 0 aliphatic rings. The molecule has 6 heteroatoms. The SMILES string of the molecule is Oc1ccccc1-c1cccc(Oc2ccc3c4ccccc4n(-c4nccc5c4sc4ccccc45)c3c2)n1. The zero-order valence-electron chi connectivity index (χ0n) is 21.2. The van der Waals surface area contributed by atoms with E-state index in [1.807, 2.05) is 42.6 Å². The van der Waals surface area contributed by atoms with E-state index in [4.69, 9.17) is 9.72 Å². The number of nitrogens with zero attached hydrogens (tertiary/aromatic N) is 3. The summed E-state index contributed by atoms with van der Waals surface area (Å²) in [6.07, 6.45) is 1.90. The standard InChI is InChI=1S/C34H21N3O2S/c38-30-13-5-2-10-26(30)27-11-7-15-32(36-27)39-21-16-17-23-22-8-1-4-12-28(22)37(29(23)20-21)34-33-25(18-19-35-34)24-9-3-6-14-31(24)40-33/h1-20,38H. The van der Waals surface area contributed by atoms with Crippen molar-refractivity contribution in [2.24, 2.45) is 0 Å². The maximum atomic E-state index is 10.3. The minimum Gasteiger partial charge on any atom is -0.507 e. The Balaban J connectivity index is 1.30. The minimum absolute atomic E-state index is 0.181. The number of hydrogen-bond acceptors (Lipinski definition) is 5. The van der Waals surface area contributed by atoms with Crippen LogP contribution in [0.5, 0.6) is 17.4 Å². The number of aromatic nitrogens is 3. The monoisotopic (exact) mass is 535 g/mol. The van der Waals surface area contributed by atoms with Crippen molar-refractivity contribution in [1.82, 2.24) is 14.5 Å². The van der Waals surface area contributed by atoms with Crippen LogP contribution in [0.1, 0.15) is 0 Å². The molecule has 4 aromatic heterocycles. The molecule has 0 fully saturated rings. The Labute approximate surface area is 233 Å². The second-order valence-corrected chi connectivity index (χ2v) is 10.7. The molecule has 0 saturated heterocycles. The van der Waals surface area contributed by atoms with Crippen molar-refractivity contribution < 1.29 is 9.84 Å². The molecule has 0 aliphatic carbocycles. The summed E-state index contributed by atoms with van der Waals surface area (Å²) in [7, 11) is 0. The van der Waals surface area contributed by atoms with Gasteiger partial charge in [0.15, 0.2) is 5.82 Å². The number of rotatable bonds is 4. The molecule has 0 radical (unpaired) electrons. The highest BCUT2D eigenvalue weighted by Gasteiger charge is 2.18. The lowest BCUT2D eigenvalue weighted by Crippen LogP contribution is -1.97. The molecule has 190 valence electrons. The van der Waals surface area contributed by atoms with E-state index in [9.17, 15) is 5.11 Å². The number of benzene rings is 4. The Bertz CT molecular complexity index is 2230. The topological polar surface area (TPSA) is 60.2 Å². The van der Waals surface area contributed by atoms with Crippen LogP contribution in [-0.4, -0.2) is 19.6 Å². The Morgan fingerprint density at radius 2 is 1.48 bits per heavy atom. The first-order chi connectivity index (χ1) is 19.7. The van der Waals surface area contributed by atoms with Crippen molar-refractivity contribution in [2.75, 3.05) is 0 Å². The van der Waals surface area contributed by atoms with Gasteiger partial charge < -0.3 is 9.84 Å². The first-order valence-corrected chi connectivity index (χ1v) is 13.8. The van der Waals surface area contributed by atoms with Crippen LogP contribution >= 0.6 is 11.3 Å². The number of phenols is 1. The molecule has 4 heterocycles. The molecule has 0 aliphatic heterocycles. The number of pyridine rings is 2. The van der Waals surface area contributed by atoms with Crippen LogP contribution in [-0.2, 0) is 0 Å². The third kappa shape index (κ3) is 3.54. The molecule has 40 heavy (non-hydrogen) atoms. The molecule has 0 bridgehead atoms. The molecular weight excluding hydrogens is 514 g/mol. The van der Waals surface area contributed by atoms with E-state index in [-0.39, 0.29) is 5.75 Å². The maximum absolute atomic E-state index is 10.3. The Morgan fingerprint density at radius 3 is 2.40 bits per heavy atom. The smallest absolute Gasteiger partial charge is 0.219 e. The molecule has 1 N–H and O–H groups in total. The highest BCUT2D eigenvalue weighted by Crippen LogP contribution is 2.40. The van der Waals surface area contributed by atoms with Crippen molar-refractivity contribution in [3.63, 3.8) is 0 Å². The van der Waals surface area contributed by atoms with E-state index >= 15 is 0 Å². The molecule has 4 aromatic carbocycles. The zero-order chi connectivity index (χ0) is 26.6. The second kappa shape index (κ2) is 8.93. The molecule has 0 spiro atoms. The quantitative estimate of drug-likeness (QED) is 0.244. The summed E-state index contributed by atoms with van der Waals surface area (Å²) in [5, 5.41) is 15.0. The third-order valence-electron chi connectivity index (χ3n) is 7.26. The van der Waals surface area contributed by atoms with Crippen LogP contribution in [0, 0.1) is 0 Å². The van der Waals surface area contributed by atoms with Crippen molar-refractivity contribution in [2.45, 2.75) is 0 Å². The van der Waals surface area contributed by atoms with E-state index in [2.05, 4.69) is 76.3 Å². The summed E-state index contributed by atoms with van der Waals surface area (Å²) in [6, 6.07) is 37.9. The number of phenolic OH excluding ortho intramolecular Hbond substituents is 1. The molecule has 0 saturated carbocycles. The van der Waals surface area contributed by atoms with E-state index in [0.717, 1.165) is 32.3 Å². The summed E-state index contributed by atoms with van der Waals surface area (Å²) in [6.45, 7) is 0. The number of hydrogen-bond donors (Lipinski definition) is 1. The van der Waals surface area contributed by atoms with Gasteiger partial charge >= 0.3 is 0 Å². The van der Waals surface area contributed by atoms with Gasteiger partial charge in [-0.15, -0.1) is 11.3 Å². The van der Waals surface area contributed by atoms with Crippen molar-refractivity contribution in [1.29, 1.82) is 0 Å². The summed E-state index contributed by atoms with van der Waals surface area (Å²) < 4.78 is 10.9. The molecule has 8 aromatic rings. The molecule has 0 amide bonds. The number of ether oxygens (including phenoxy) is 1. The fraction of sp³-hybridized carbons (Fsp3) is 0. The van der Waals surface area contributed by atoms with Gasteiger partial charge in [0.1, 0.15) is 11.5 Å². The molecule has 5 nitrogen and oxygen atoms in total. The van der Waals surface area contributed by atoms with E-state index in [0.29, 0.717) is 22.9 Å². The summed E-state index contributed by atoms with van der Waals surface area (Å²) in [5.74, 6) is 2.21. The lowest BCUT2D eigenvalue weighted by atomic mass is 10.1. The zero-order valence-corrected chi connectivity index (χ0v) is 22.0. The van der Waals surface area contributed by atoms with Crippen molar-refractivity contribution in [3.8, 4) is 34.5 Å². The molecule has 0 atom stereocenters. The Morgan fingerprint density at radius 1 is 0.675 bits per heavy atom. The van der Waals surface area contributed by atoms with Crippen LogP contribution in [0.3, 0.4) is 0 Å². The first-order valence-electron chi connectivity index (χ1n) is 13.0. The van der Waals surface area contributed by atoms with Gasteiger partial charge in [0.25, 0.3) is 0 Å². The summed E-state index contributed by atoms with van der Waals surface area (Å²) in [5.41, 5.74) is 3.40. The highest BCUT2D eigenvalue weighted by atomic mass is 32.1. The van der Waals surface area contributed by atoms with Gasteiger partial charge in [-0.2, -0.15) is 0 Å². The minimum atomic E-state index is 0.181. The second-order valence-electron chi connectivity index (χ2n) is 9.62. The van der Waals surface area contributed by atoms with Gasteiger partial charge in [-0.1, -0.05) is 54.6 Å². The van der Waals surface area contributed by atoms with Crippen LogP contribution in [0.2, 0.25) is 0 Å². The van der Waals surface area contributed by atoms with Gasteiger partial charge in [0, 0.05) is 50.1 Å². The highest BCUT2D eigenvalue weighted by molar-refractivity contribution is 7.26. The van der Waals surface area contributed by atoms with Gasteiger partial charge in [0.05, 0.1) is 21.4 Å². The van der Waals surface area contributed by atoms with Crippen LogP contribution in [0.4, 0.5) is 0 Å². The summed E-state index contributed by atoms with van der Waals surface area (Å²) >= 11 is 1.77. The van der Waals surface area contributed by atoms with E-state index < -0.39 is 0 Å². The number of thiophene rings is 1. The molecule has 0 unspecified atom stereocenters. The fourth-order valence-corrected chi connectivity index (χ4v) is 6.65. The van der Waals surface area contributed by atoms with Crippen molar-refractivity contribution in [3.05, 3.63) is 121 Å². The van der Waals surface area contributed by atoms with Gasteiger partial charge in [-0.25, -0.2) is 9.97 Å². The van der Waals surface area contributed by atoms with Gasteiger partial charge in [-0.3, -0.25) is 4.57 Å². The summed E-state index contributed by atoms with van der Waals surface area (Å²) in [4.78, 5) is 9.58. The Hall–Kier alpha value is -5.20. The van der Waals surface area contributed by atoms with Crippen LogP contribution in [0.15, 0.2) is 121 Å². The van der Waals surface area contributed by atoms with Crippen LogP contribution in [0.25, 0.3) is 59.1 Å². The largest absolute Gasteiger partial charge is 0.507 e. The third-order valence-corrected chi connectivity index (χ3v) is 8.44. The first kappa shape index (κ1) is 22.8. The lowest BCUT2D eigenvalue weighted by molar-refractivity contribution is 0.463. The maximum Gasteiger partial charge on any atom is 0.219 e. The van der Waals surface area contributed by atoms with E-state index in [1.54, 1.807) is 23.5 Å². The number of para-hydroxylation sites is 2. The normalized spacial score (nSPS) is 11.6. The number of fused-ring (bicyclic) bond motifs is 6. The van der Waals surface area contributed by atoms with Gasteiger partial charge in [-0.05, 0) is 48.5 Å². The average Bonchev–Trinajstić information content (AvgIpc) is 3.53. The van der Waals surface area contributed by atoms with Crippen LogP contribution < -0.4 is 4.74 Å². The predicted molar refractivity (Wildman–Crippen MR) is 163 cm³/mol. The Kier molecular flexibility index (Phi) is 5.08. The predicted octanol–water partition coefficient (Wildman–Crippen LogP) is 9.11. The molecule has 8 rings (SSSR count). The average molecular weight is 536 g/mol. The van der Waals surface area contributed by atoms with Gasteiger partial charge in [0.2, 0.25) is 5.88 Å². The number of aromatic hydroxyl groups is 1. The fourth-order valence-electron chi connectivity index (χ4n) is 5.47.